The highest BCUT2D eigenvalue weighted by molar-refractivity contribution is 6.06. The summed E-state index contributed by atoms with van der Waals surface area (Å²) in [6.07, 6.45) is 1.50. The average Bonchev–Trinajstić information content (AvgIpc) is 2.46. The number of aromatic nitrogens is 1. The molecule has 3 N–H and O–H groups in total. The zero-order valence-corrected chi connectivity index (χ0v) is 10.5. The van der Waals surface area contributed by atoms with E-state index in [0.29, 0.717) is 17.1 Å². The van der Waals surface area contributed by atoms with Gasteiger partial charge in [0.15, 0.2) is 12.3 Å². The van der Waals surface area contributed by atoms with Gasteiger partial charge in [-0.1, -0.05) is 6.07 Å². The van der Waals surface area contributed by atoms with Crippen molar-refractivity contribution in [2.45, 2.75) is 0 Å². The van der Waals surface area contributed by atoms with Gasteiger partial charge in [0.1, 0.15) is 11.8 Å². The molecule has 0 radical (unpaired) electrons. The Morgan fingerprint density at radius 2 is 2.25 bits per heavy atom. The first-order valence-corrected chi connectivity index (χ1v) is 5.82. The third-order valence-corrected chi connectivity index (χ3v) is 2.45. The summed E-state index contributed by atoms with van der Waals surface area (Å²) in [7, 11) is 0. The smallest absolute Gasteiger partial charge is 0.276 e. The molecule has 1 amide bonds. The molecule has 0 saturated heterocycles. The molecule has 6 heteroatoms. The van der Waals surface area contributed by atoms with Crippen molar-refractivity contribution in [2.24, 2.45) is 0 Å². The van der Waals surface area contributed by atoms with Gasteiger partial charge in [0.05, 0.1) is 5.69 Å². The number of nitrogens with zero attached hydrogens (tertiary/aromatic N) is 2. The van der Waals surface area contributed by atoms with Crippen LogP contribution in [0.5, 0.6) is 5.75 Å². The van der Waals surface area contributed by atoms with Crippen molar-refractivity contribution in [3.63, 3.8) is 0 Å². The fourth-order valence-electron chi connectivity index (χ4n) is 1.58. The Morgan fingerprint density at radius 1 is 1.40 bits per heavy atom. The summed E-state index contributed by atoms with van der Waals surface area (Å²) in [5.41, 5.74) is 6.69. The standard InChI is InChI=1S/C14H12N4O2/c15-6-8-20-11-4-1-3-10(9-11)18-14(19)13-12(16)5-2-7-17-13/h1-5,7,9H,8,16H2,(H,18,19). The van der Waals surface area contributed by atoms with E-state index in [4.69, 9.17) is 15.7 Å². The molecular weight excluding hydrogens is 256 g/mol. The molecule has 20 heavy (non-hydrogen) atoms. The molecule has 6 nitrogen and oxygen atoms in total. The van der Waals surface area contributed by atoms with Crippen LogP contribution < -0.4 is 15.8 Å². The van der Waals surface area contributed by atoms with E-state index in [-0.39, 0.29) is 12.3 Å². The second kappa shape index (κ2) is 6.20. The van der Waals surface area contributed by atoms with Crippen LogP contribution >= 0.6 is 0 Å². The lowest BCUT2D eigenvalue weighted by molar-refractivity contribution is 0.102. The molecule has 0 atom stereocenters. The van der Waals surface area contributed by atoms with Gasteiger partial charge in [0.25, 0.3) is 5.91 Å². The first-order valence-electron chi connectivity index (χ1n) is 5.82. The van der Waals surface area contributed by atoms with Crippen molar-refractivity contribution in [2.75, 3.05) is 17.7 Å². The van der Waals surface area contributed by atoms with Crippen molar-refractivity contribution >= 4 is 17.3 Å². The number of carbonyl (C=O) groups is 1. The molecule has 0 aliphatic rings. The van der Waals surface area contributed by atoms with Gasteiger partial charge in [-0.05, 0) is 24.3 Å². The monoisotopic (exact) mass is 268 g/mol. The number of ether oxygens (including phenoxy) is 1. The van der Waals surface area contributed by atoms with Gasteiger partial charge in [0.2, 0.25) is 0 Å². The molecular formula is C14H12N4O2. The average molecular weight is 268 g/mol. The molecule has 0 fully saturated rings. The summed E-state index contributed by atoms with van der Waals surface area (Å²) in [5, 5.41) is 11.1. The maximum absolute atomic E-state index is 12.0. The largest absolute Gasteiger partial charge is 0.479 e. The van der Waals surface area contributed by atoms with Gasteiger partial charge >= 0.3 is 0 Å². The second-order valence-corrected chi connectivity index (χ2v) is 3.87. The fraction of sp³-hybridized carbons (Fsp3) is 0.0714. The highest BCUT2D eigenvalue weighted by Gasteiger charge is 2.11. The van der Waals surface area contributed by atoms with Crippen molar-refractivity contribution < 1.29 is 9.53 Å². The van der Waals surface area contributed by atoms with E-state index in [2.05, 4.69) is 10.3 Å². The summed E-state index contributed by atoms with van der Waals surface area (Å²) in [6.45, 7) is -0.0510. The highest BCUT2D eigenvalue weighted by Crippen LogP contribution is 2.18. The third-order valence-electron chi connectivity index (χ3n) is 2.45. The number of nitrogens with one attached hydrogen (secondary N) is 1. The summed E-state index contributed by atoms with van der Waals surface area (Å²) < 4.78 is 5.15. The number of benzene rings is 1. The molecule has 1 aromatic heterocycles. The van der Waals surface area contributed by atoms with Crippen LogP contribution in [0.15, 0.2) is 42.6 Å². The summed E-state index contributed by atoms with van der Waals surface area (Å²) in [5.74, 6) is 0.0962. The Labute approximate surface area is 115 Å². The molecule has 1 aromatic carbocycles. The lowest BCUT2D eigenvalue weighted by Crippen LogP contribution is -2.15. The first kappa shape index (κ1) is 13.4. The van der Waals surface area contributed by atoms with Crippen LogP contribution in [0, 0.1) is 11.3 Å². The van der Waals surface area contributed by atoms with Crippen LogP contribution in [0.25, 0.3) is 0 Å². The lowest BCUT2D eigenvalue weighted by Gasteiger charge is -2.08. The normalized spacial score (nSPS) is 9.55. The summed E-state index contributed by atoms with van der Waals surface area (Å²) in [6, 6.07) is 11.9. The molecule has 100 valence electrons. The van der Waals surface area contributed by atoms with Crippen LogP contribution in [0.1, 0.15) is 10.5 Å². The quantitative estimate of drug-likeness (QED) is 0.880. The summed E-state index contributed by atoms with van der Waals surface area (Å²) in [4.78, 5) is 15.9. The molecule has 0 bridgehead atoms. The number of nitriles is 1. The Kier molecular flexibility index (Phi) is 4.14. The first-order chi connectivity index (χ1) is 9.70. The van der Waals surface area contributed by atoms with Gasteiger partial charge in [-0.3, -0.25) is 4.79 Å². The molecule has 2 rings (SSSR count). The molecule has 1 heterocycles. The Bertz CT molecular complexity index is 664. The van der Waals surface area contributed by atoms with E-state index in [1.807, 2.05) is 6.07 Å². The zero-order valence-electron chi connectivity index (χ0n) is 10.5. The number of anilines is 2. The third kappa shape index (κ3) is 3.23. The SMILES string of the molecule is N#CCOc1cccc(NC(=O)c2ncccc2N)c1. The summed E-state index contributed by atoms with van der Waals surface area (Å²) >= 11 is 0. The number of hydrogen-bond donors (Lipinski definition) is 2. The van der Waals surface area contributed by atoms with Gasteiger partial charge in [-0.25, -0.2) is 4.98 Å². The molecule has 0 aliphatic heterocycles. The number of nitrogens with two attached hydrogens (primary N) is 1. The van der Waals surface area contributed by atoms with Crippen LogP contribution in [0.2, 0.25) is 0 Å². The lowest BCUT2D eigenvalue weighted by atomic mass is 10.2. The van der Waals surface area contributed by atoms with E-state index >= 15 is 0 Å². The predicted molar refractivity (Wildman–Crippen MR) is 74.2 cm³/mol. The van der Waals surface area contributed by atoms with Crippen LogP contribution in [0.3, 0.4) is 0 Å². The van der Waals surface area contributed by atoms with E-state index in [1.165, 1.54) is 6.20 Å². The number of amides is 1. The van der Waals surface area contributed by atoms with Crippen LogP contribution in [-0.4, -0.2) is 17.5 Å². The van der Waals surface area contributed by atoms with Crippen LogP contribution in [-0.2, 0) is 0 Å². The molecule has 0 unspecified atom stereocenters. The minimum Gasteiger partial charge on any atom is -0.479 e. The maximum Gasteiger partial charge on any atom is 0.276 e. The van der Waals surface area contributed by atoms with Gasteiger partial charge < -0.3 is 15.8 Å². The van der Waals surface area contributed by atoms with E-state index in [9.17, 15) is 4.79 Å². The van der Waals surface area contributed by atoms with Crippen molar-refractivity contribution in [1.29, 1.82) is 5.26 Å². The predicted octanol–water partition coefficient (Wildman–Crippen LogP) is 1.82. The number of pyridine rings is 1. The second-order valence-electron chi connectivity index (χ2n) is 3.87. The number of carbonyl (C=O) groups excluding carboxylic acids is 1. The zero-order chi connectivity index (χ0) is 14.4. The van der Waals surface area contributed by atoms with Crippen molar-refractivity contribution in [3.8, 4) is 11.8 Å². The van der Waals surface area contributed by atoms with Crippen molar-refractivity contribution in [3.05, 3.63) is 48.3 Å². The van der Waals surface area contributed by atoms with Gasteiger partial charge in [-0.15, -0.1) is 0 Å². The molecule has 0 saturated carbocycles. The highest BCUT2D eigenvalue weighted by atomic mass is 16.5. The van der Waals surface area contributed by atoms with Crippen molar-refractivity contribution in [1.82, 2.24) is 4.98 Å². The molecule has 0 spiro atoms. The molecule has 0 aliphatic carbocycles. The minimum absolute atomic E-state index is 0.0510. The number of nitrogen functional groups attached to an aromatic ring is 1. The molecule has 2 aromatic rings. The number of rotatable bonds is 4. The van der Waals surface area contributed by atoms with E-state index in [0.717, 1.165) is 0 Å². The fourth-order valence-corrected chi connectivity index (χ4v) is 1.58. The Morgan fingerprint density at radius 3 is 3.00 bits per heavy atom. The maximum atomic E-state index is 12.0. The minimum atomic E-state index is -0.402. The van der Waals surface area contributed by atoms with E-state index in [1.54, 1.807) is 36.4 Å². The Hall–Kier alpha value is -3.07. The van der Waals surface area contributed by atoms with Gasteiger partial charge in [0, 0.05) is 18.0 Å². The van der Waals surface area contributed by atoms with Crippen LogP contribution in [0.4, 0.5) is 11.4 Å². The van der Waals surface area contributed by atoms with Gasteiger partial charge in [-0.2, -0.15) is 5.26 Å². The Balaban J connectivity index is 2.12. The number of hydrogen-bond acceptors (Lipinski definition) is 5. The topological polar surface area (TPSA) is 101 Å². The van der Waals surface area contributed by atoms with E-state index < -0.39 is 5.91 Å².